The van der Waals surface area contributed by atoms with Crippen LogP contribution in [0.25, 0.3) is 0 Å². The van der Waals surface area contributed by atoms with Gasteiger partial charge in [0, 0.05) is 0 Å². The minimum absolute atomic E-state index is 0.107. The summed E-state index contributed by atoms with van der Waals surface area (Å²) in [4.78, 5) is 0. The monoisotopic (exact) mass is 476 g/mol. The lowest BCUT2D eigenvalue weighted by Crippen LogP contribution is -2.43. The molecular weight excluding hydrogens is 424 g/mol. The number of hydrogen-bond acceptors (Lipinski definition) is 4. The zero-order chi connectivity index (χ0) is 25.6. The highest BCUT2D eigenvalue weighted by Crippen LogP contribution is 2.39. The minimum Gasteiger partial charge on any atom is -0.390 e. The maximum Gasteiger partial charge on any atom is 0.0918 e. The fourth-order valence-corrected chi connectivity index (χ4v) is 4.88. The van der Waals surface area contributed by atoms with Gasteiger partial charge in [0.05, 0.1) is 35.1 Å². The van der Waals surface area contributed by atoms with Gasteiger partial charge in [0.25, 0.3) is 0 Å². The van der Waals surface area contributed by atoms with Crippen molar-refractivity contribution in [3.8, 4) is 0 Å². The Hall–Kier alpha value is -0.940. The van der Waals surface area contributed by atoms with Gasteiger partial charge in [-0.2, -0.15) is 0 Å². The molecule has 0 aromatic heterocycles. The van der Waals surface area contributed by atoms with Crippen molar-refractivity contribution in [3.63, 3.8) is 0 Å². The molecule has 0 saturated carbocycles. The fraction of sp³-hybridized carbons (Fsp3) is 0.800. The molecule has 2 aliphatic rings. The number of rotatable bonds is 14. The Balaban J connectivity index is 1.61. The predicted octanol–water partition coefficient (Wildman–Crippen LogP) is 7.19. The number of hydrogen-bond donors (Lipinski definition) is 2. The molecule has 2 N–H and O–H groups in total. The van der Waals surface area contributed by atoms with E-state index in [4.69, 9.17) is 9.47 Å². The van der Waals surface area contributed by atoms with Gasteiger partial charge >= 0.3 is 0 Å². The third kappa shape index (κ3) is 9.60. The van der Waals surface area contributed by atoms with Gasteiger partial charge in [-0.25, -0.2) is 0 Å². The quantitative estimate of drug-likeness (QED) is 0.158. The third-order valence-electron chi connectivity index (χ3n) is 7.77. The largest absolute Gasteiger partial charge is 0.390 e. The topological polar surface area (TPSA) is 62.2 Å². The number of aliphatic hydroxyl groups is 2. The summed E-state index contributed by atoms with van der Waals surface area (Å²) in [6.07, 6.45) is 16.6. The molecule has 0 bridgehead atoms. The second-order valence-electron chi connectivity index (χ2n) is 12.2. The summed E-state index contributed by atoms with van der Waals surface area (Å²) in [7, 11) is 0. The van der Waals surface area contributed by atoms with E-state index in [-0.39, 0.29) is 11.7 Å². The van der Waals surface area contributed by atoms with Crippen molar-refractivity contribution >= 4 is 0 Å². The van der Waals surface area contributed by atoms with Crippen molar-refractivity contribution < 1.29 is 19.7 Å². The molecule has 4 heteroatoms. The van der Waals surface area contributed by atoms with Crippen LogP contribution in [0.2, 0.25) is 0 Å². The number of ether oxygens (including phenoxy) is 2. The molecule has 0 radical (unpaired) electrons. The van der Waals surface area contributed by atoms with Crippen LogP contribution in [0.3, 0.4) is 0 Å². The lowest BCUT2D eigenvalue weighted by atomic mass is 9.90. The molecular formula is C30H52O4. The molecule has 0 amide bonds. The van der Waals surface area contributed by atoms with Crippen LogP contribution >= 0.6 is 0 Å². The second kappa shape index (κ2) is 12.3. The summed E-state index contributed by atoms with van der Waals surface area (Å²) in [6, 6.07) is 0. The lowest BCUT2D eigenvalue weighted by Gasteiger charge is -2.33. The van der Waals surface area contributed by atoms with Crippen LogP contribution in [-0.2, 0) is 9.47 Å². The standard InChI is InChI=1S/C30H52O4/c1-22(14-11-15-24(3)17-19-27-29(6,7)33-27)12-9-10-13-23(2)16-18-25(31)30(8)21-20-26(34-30)28(4,5)32/h12-13,15,25-27,31-32H,9-11,14,16-21H2,1-8H3/t25-,26-,27+,30+/m0/s1. The maximum absolute atomic E-state index is 10.7. The molecule has 0 spiro atoms. The van der Waals surface area contributed by atoms with Gasteiger partial charge in [-0.1, -0.05) is 34.9 Å². The van der Waals surface area contributed by atoms with Crippen LogP contribution in [0, 0.1) is 0 Å². The van der Waals surface area contributed by atoms with Crippen LogP contribution in [0.1, 0.15) is 120 Å². The average molecular weight is 477 g/mol. The molecule has 2 heterocycles. The van der Waals surface area contributed by atoms with E-state index in [0.717, 1.165) is 57.8 Å². The molecule has 4 nitrogen and oxygen atoms in total. The van der Waals surface area contributed by atoms with E-state index in [1.54, 1.807) is 13.8 Å². The molecule has 2 rings (SSSR count). The molecule has 2 saturated heterocycles. The highest BCUT2D eigenvalue weighted by atomic mass is 16.6. The van der Waals surface area contributed by atoms with E-state index < -0.39 is 17.3 Å². The van der Waals surface area contributed by atoms with Crippen LogP contribution in [-0.4, -0.2) is 45.3 Å². The Labute approximate surface area is 209 Å². The minimum atomic E-state index is -0.864. The number of unbranched alkanes of at least 4 members (excludes halogenated alkanes) is 1. The SMILES string of the molecule is CC(=CCCC=C(C)CC[C@H](O)[C@@]1(C)CC[C@@H](C(C)(C)O)O1)CCC=C(C)CC[C@H]1OC1(C)C. The van der Waals surface area contributed by atoms with Crippen molar-refractivity contribution in [1.82, 2.24) is 0 Å². The molecule has 34 heavy (non-hydrogen) atoms. The third-order valence-corrected chi connectivity index (χ3v) is 7.77. The Morgan fingerprint density at radius 2 is 1.44 bits per heavy atom. The molecule has 196 valence electrons. The van der Waals surface area contributed by atoms with E-state index in [2.05, 4.69) is 52.8 Å². The molecule has 0 aliphatic carbocycles. The summed E-state index contributed by atoms with van der Waals surface area (Å²) in [5.41, 5.74) is 2.96. The summed E-state index contributed by atoms with van der Waals surface area (Å²) in [6.45, 7) is 16.5. The van der Waals surface area contributed by atoms with Crippen LogP contribution in [0.4, 0.5) is 0 Å². The summed E-state index contributed by atoms with van der Waals surface area (Å²) >= 11 is 0. The van der Waals surface area contributed by atoms with E-state index in [9.17, 15) is 10.2 Å². The normalized spacial score (nSPS) is 28.9. The fourth-order valence-electron chi connectivity index (χ4n) is 4.88. The first kappa shape index (κ1) is 29.3. The van der Waals surface area contributed by atoms with Crippen molar-refractivity contribution in [3.05, 3.63) is 34.9 Å². The van der Waals surface area contributed by atoms with E-state index in [1.807, 2.05) is 6.92 Å². The van der Waals surface area contributed by atoms with Crippen molar-refractivity contribution in [2.75, 3.05) is 0 Å². The first-order valence-electron chi connectivity index (χ1n) is 13.5. The van der Waals surface area contributed by atoms with Crippen molar-refractivity contribution in [2.24, 2.45) is 0 Å². The highest BCUT2D eigenvalue weighted by molar-refractivity contribution is 5.07. The summed E-state index contributed by atoms with van der Waals surface area (Å²) in [5.74, 6) is 0. The van der Waals surface area contributed by atoms with Crippen LogP contribution < -0.4 is 0 Å². The van der Waals surface area contributed by atoms with Gasteiger partial charge < -0.3 is 19.7 Å². The Bertz CT molecular complexity index is 739. The summed E-state index contributed by atoms with van der Waals surface area (Å²) < 4.78 is 11.7. The van der Waals surface area contributed by atoms with E-state index in [0.29, 0.717) is 12.5 Å². The predicted molar refractivity (Wildman–Crippen MR) is 142 cm³/mol. The molecule has 4 atom stereocenters. The lowest BCUT2D eigenvalue weighted by molar-refractivity contribution is -0.153. The van der Waals surface area contributed by atoms with Gasteiger partial charge in [-0.15, -0.1) is 0 Å². The number of epoxide rings is 1. The van der Waals surface area contributed by atoms with Crippen molar-refractivity contribution in [1.29, 1.82) is 0 Å². The van der Waals surface area contributed by atoms with E-state index >= 15 is 0 Å². The van der Waals surface area contributed by atoms with Gasteiger partial charge in [-0.05, 0) is 120 Å². The maximum atomic E-state index is 10.7. The highest BCUT2D eigenvalue weighted by Gasteiger charge is 2.47. The Morgan fingerprint density at radius 1 is 0.912 bits per heavy atom. The first-order chi connectivity index (χ1) is 15.7. The van der Waals surface area contributed by atoms with Crippen LogP contribution in [0.15, 0.2) is 34.9 Å². The molecule has 0 unspecified atom stereocenters. The molecule has 2 fully saturated rings. The molecule has 0 aromatic carbocycles. The number of allylic oxidation sites excluding steroid dienone is 6. The van der Waals surface area contributed by atoms with Gasteiger partial charge in [0.2, 0.25) is 0 Å². The smallest absolute Gasteiger partial charge is 0.0918 e. The van der Waals surface area contributed by atoms with E-state index in [1.165, 1.54) is 16.7 Å². The van der Waals surface area contributed by atoms with Crippen molar-refractivity contribution in [2.45, 2.75) is 155 Å². The molecule has 0 aromatic rings. The van der Waals surface area contributed by atoms with Crippen LogP contribution in [0.5, 0.6) is 0 Å². The Kier molecular flexibility index (Phi) is 10.6. The Morgan fingerprint density at radius 3 is 1.97 bits per heavy atom. The van der Waals surface area contributed by atoms with Gasteiger partial charge in [-0.3, -0.25) is 0 Å². The van der Waals surface area contributed by atoms with Gasteiger partial charge in [0.15, 0.2) is 0 Å². The molecule has 2 aliphatic heterocycles. The number of aliphatic hydroxyl groups excluding tert-OH is 1. The first-order valence-corrected chi connectivity index (χ1v) is 13.5. The second-order valence-corrected chi connectivity index (χ2v) is 12.2. The average Bonchev–Trinajstić information content (AvgIpc) is 3.13. The zero-order valence-corrected chi connectivity index (χ0v) is 23.2. The van der Waals surface area contributed by atoms with Gasteiger partial charge in [0.1, 0.15) is 0 Å². The zero-order valence-electron chi connectivity index (χ0n) is 23.2. The summed E-state index contributed by atoms with van der Waals surface area (Å²) in [5, 5.41) is 20.9.